The molecule has 5 nitrogen and oxygen atoms in total. The van der Waals surface area contributed by atoms with Crippen LogP contribution < -0.4 is 10.1 Å². The summed E-state index contributed by atoms with van der Waals surface area (Å²) in [6.45, 7) is 3.83. The quantitative estimate of drug-likeness (QED) is 0.457. The van der Waals surface area contributed by atoms with Crippen LogP contribution in [0, 0.1) is 6.92 Å². The van der Waals surface area contributed by atoms with E-state index < -0.39 is 0 Å². The number of carbonyl (C=O) groups excluding carboxylic acids is 2. The van der Waals surface area contributed by atoms with Gasteiger partial charge in [-0.3, -0.25) is 9.59 Å². The van der Waals surface area contributed by atoms with Gasteiger partial charge in [0.25, 0.3) is 0 Å². The Labute approximate surface area is 168 Å². The lowest BCUT2D eigenvalue weighted by molar-refractivity contribution is -0.115. The van der Waals surface area contributed by atoms with Crippen molar-refractivity contribution in [2.45, 2.75) is 25.3 Å². The number of aryl methyl sites for hydroxylation is 1. The van der Waals surface area contributed by atoms with E-state index in [1.807, 2.05) is 31.2 Å². The molecule has 0 saturated heterocycles. The monoisotopic (exact) mass is 394 g/mol. The van der Waals surface area contributed by atoms with E-state index in [1.165, 1.54) is 11.8 Å². The Morgan fingerprint density at radius 1 is 1.11 bits per heavy atom. The average molecular weight is 394 g/mol. The largest absolute Gasteiger partial charge is 0.497 e. The predicted molar refractivity (Wildman–Crippen MR) is 113 cm³/mol. The minimum atomic E-state index is -0.0518. The molecule has 0 atom stereocenters. The van der Waals surface area contributed by atoms with Crippen LogP contribution in [-0.2, 0) is 4.79 Å². The molecule has 1 heterocycles. The van der Waals surface area contributed by atoms with Crippen LogP contribution in [0.4, 0.5) is 5.69 Å². The van der Waals surface area contributed by atoms with Crippen LogP contribution in [0.1, 0.15) is 29.3 Å². The number of thioether (sulfide) groups is 1. The summed E-state index contributed by atoms with van der Waals surface area (Å²) >= 11 is 1.41. The second-order valence-corrected chi connectivity index (χ2v) is 7.35. The number of methoxy groups -OCH3 is 1. The van der Waals surface area contributed by atoms with Gasteiger partial charge >= 0.3 is 0 Å². The lowest BCUT2D eigenvalue weighted by atomic mass is 10.1. The highest BCUT2D eigenvalue weighted by Crippen LogP contribution is 2.27. The summed E-state index contributed by atoms with van der Waals surface area (Å²) in [6.07, 6.45) is 0.418. The number of pyridine rings is 1. The van der Waals surface area contributed by atoms with Gasteiger partial charge < -0.3 is 10.1 Å². The molecule has 144 valence electrons. The normalized spacial score (nSPS) is 10.7. The third kappa shape index (κ3) is 4.70. The second-order valence-electron chi connectivity index (χ2n) is 6.35. The van der Waals surface area contributed by atoms with E-state index >= 15 is 0 Å². The van der Waals surface area contributed by atoms with E-state index in [9.17, 15) is 9.59 Å². The first-order chi connectivity index (χ1) is 13.5. The van der Waals surface area contributed by atoms with Gasteiger partial charge in [0.05, 0.1) is 23.4 Å². The van der Waals surface area contributed by atoms with Crippen molar-refractivity contribution in [3.63, 3.8) is 0 Å². The first-order valence-corrected chi connectivity index (χ1v) is 10.00. The van der Waals surface area contributed by atoms with Gasteiger partial charge in [-0.1, -0.05) is 18.7 Å². The number of hydrogen-bond acceptors (Lipinski definition) is 5. The molecule has 6 heteroatoms. The lowest BCUT2D eigenvalue weighted by Crippen LogP contribution is -2.09. The molecular weight excluding hydrogens is 372 g/mol. The van der Waals surface area contributed by atoms with E-state index in [0.717, 1.165) is 27.2 Å². The summed E-state index contributed by atoms with van der Waals surface area (Å²) in [4.78, 5) is 28.6. The van der Waals surface area contributed by atoms with Gasteiger partial charge in [0.1, 0.15) is 5.75 Å². The Bertz CT molecular complexity index is 1020. The molecule has 3 rings (SSSR count). The number of Topliss-reactive ketones (excluding diaryl/α,β-unsaturated/α-hetero) is 1. The maximum Gasteiger partial charge on any atom is 0.224 e. The molecule has 0 aliphatic rings. The van der Waals surface area contributed by atoms with Gasteiger partial charge in [-0.05, 0) is 55.0 Å². The average Bonchev–Trinajstić information content (AvgIpc) is 2.72. The van der Waals surface area contributed by atoms with Crippen LogP contribution in [0.2, 0.25) is 0 Å². The molecule has 0 spiro atoms. The molecule has 1 aromatic heterocycles. The van der Waals surface area contributed by atoms with Gasteiger partial charge in [-0.25, -0.2) is 4.98 Å². The molecule has 0 radical (unpaired) electrons. The number of amides is 1. The van der Waals surface area contributed by atoms with E-state index in [-0.39, 0.29) is 11.7 Å². The molecule has 0 unspecified atom stereocenters. The van der Waals surface area contributed by atoms with Crippen LogP contribution >= 0.6 is 11.8 Å². The second kappa shape index (κ2) is 8.89. The first kappa shape index (κ1) is 19.9. The summed E-state index contributed by atoms with van der Waals surface area (Å²) in [5.74, 6) is 1.02. The van der Waals surface area contributed by atoms with E-state index in [2.05, 4.69) is 10.3 Å². The number of ketones is 1. The molecule has 2 aromatic carbocycles. The SMILES string of the molecule is CCC(=O)Nc1ccc(C(=O)CSc2cc(C)c3ccc(OC)cc3n2)cc1. The standard InChI is InChI=1S/C22H22N2O3S/c1-4-21(26)23-16-7-5-15(6-8-16)20(25)13-28-22-11-14(2)18-10-9-17(27-3)12-19(18)24-22/h5-12H,4,13H2,1-3H3,(H,23,26). The van der Waals surface area contributed by atoms with E-state index in [0.29, 0.717) is 23.4 Å². The van der Waals surface area contributed by atoms with Crippen LogP contribution in [0.15, 0.2) is 53.6 Å². The van der Waals surface area contributed by atoms with Crippen molar-refractivity contribution in [3.8, 4) is 5.75 Å². The predicted octanol–water partition coefficient (Wildman–Crippen LogP) is 4.88. The Morgan fingerprint density at radius 2 is 1.86 bits per heavy atom. The van der Waals surface area contributed by atoms with Gasteiger partial charge in [0.15, 0.2) is 5.78 Å². The fraction of sp³-hybridized carbons (Fsp3) is 0.227. The first-order valence-electron chi connectivity index (χ1n) is 9.01. The van der Waals surface area contributed by atoms with Crippen molar-refractivity contribution in [2.24, 2.45) is 0 Å². The number of carbonyl (C=O) groups is 2. The number of fused-ring (bicyclic) bond motifs is 1. The topological polar surface area (TPSA) is 68.3 Å². The number of rotatable bonds is 7. The highest BCUT2D eigenvalue weighted by molar-refractivity contribution is 7.99. The van der Waals surface area contributed by atoms with Crippen molar-refractivity contribution >= 4 is 40.0 Å². The van der Waals surface area contributed by atoms with E-state index in [1.54, 1.807) is 38.3 Å². The number of hydrogen-bond donors (Lipinski definition) is 1. The molecule has 0 saturated carbocycles. The smallest absolute Gasteiger partial charge is 0.224 e. The van der Waals surface area contributed by atoms with Crippen molar-refractivity contribution in [1.29, 1.82) is 0 Å². The van der Waals surface area contributed by atoms with Gasteiger partial charge in [0.2, 0.25) is 5.91 Å². The Balaban J connectivity index is 1.69. The summed E-state index contributed by atoms with van der Waals surface area (Å²) in [5, 5.41) is 4.65. The molecule has 0 bridgehead atoms. The molecule has 1 amide bonds. The van der Waals surface area contributed by atoms with Crippen LogP contribution in [0.5, 0.6) is 5.75 Å². The Hall–Kier alpha value is -2.86. The van der Waals surface area contributed by atoms with Crippen LogP contribution in [0.25, 0.3) is 10.9 Å². The molecular formula is C22H22N2O3S. The van der Waals surface area contributed by atoms with Gasteiger partial charge in [-0.15, -0.1) is 0 Å². The number of aromatic nitrogens is 1. The summed E-state index contributed by atoms with van der Waals surface area (Å²) < 4.78 is 5.27. The molecule has 0 fully saturated rings. The van der Waals surface area contributed by atoms with Crippen molar-refractivity contribution < 1.29 is 14.3 Å². The zero-order chi connectivity index (χ0) is 20.1. The number of ether oxygens (including phenoxy) is 1. The molecule has 1 N–H and O–H groups in total. The Morgan fingerprint density at radius 3 is 2.54 bits per heavy atom. The van der Waals surface area contributed by atoms with Crippen molar-refractivity contribution in [2.75, 3.05) is 18.2 Å². The number of benzene rings is 2. The zero-order valence-corrected chi connectivity index (χ0v) is 16.9. The number of nitrogens with one attached hydrogen (secondary N) is 1. The fourth-order valence-corrected chi connectivity index (χ4v) is 3.63. The number of anilines is 1. The zero-order valence-electron chi connectivity index (χ0n) is 16.1. The third-order valence-corrected chi connectivity index (χ3v) is 5.27. The minimum Gasteiger partial charge on any atom is -0.497 e. The van der Waals surface area contributed by atoms with Crippen molar-refractivity contribution in [1.82, 2.24) is 4.98 Å². The van der Waals surface area contributed by atoms with Gasteiger partial charge in [-0.2, -0.15) is 0 Å². The van der Waals surface area contributed by atoms with E-state index in [4.69, 9.17) is 4.74 Å². The minimum absolute atomic E-state index is 0.0172. The number of nitrogens with zero attached hydrogens (tertiary/aromatic N) is 1. The maximum atomic E-state index is 12.5. The fourth-order valence-electron chi connectivity index (χ4n) is 2.76. The van der Waals surface area contributed by atoms with Crippen molar-refractivity contribution in [3.05, 3.63) is 59.7 Å². The summed E-state index contributed by atoms with van der Waals surface area (Å²) in [5.41, 5.74) is 3.27. The molecule has 28 heavy (non-hydrogen) atoms. The lowest BCUT2D eigenvalue weighted by Gasteiger charge is -2.08. The highest BCUT2D eigenvalue weighted by atomic mass is 32.2. The molecule has 0 aliphatic carbocycles. The summed E-state index contributed by atoms with van der Waals surface area (Å²) in [6, 6.07) is 14.8. The highest BCUT2D eigenvalue weighted by Gasteiger charge is 2.10. The third-order valence-electron chi connectivity index (χ3n) is 4.36. The molecule has 0 aliphatic heterocycles. The summed E-state index contributed by atoms with van der Waals surface area (Å²) in [7, 11) is 1.63. The maximum absolute atomic E-state index is 12.5. The van der Waals surface area contributed by atoms with Crippen LogP contribution in [-0.4, -0.2) is 29.5 Å². The van der Waals surface area contributed by atoms with Crippen LogP contribution in [0.3, 0.4) is 0 Å². The molecule has 3 aromatic rings. The Kier molecular flexibility index (Phi) is 6.31. The van der Waals surface area contributed by atoms with Gasteiger partial charge in [0, 0.05) is 29.1 Å².